The second kappa shape index (κ2) is 10.9. The highest BCUT2D eigenvalue weighted by molar-refractivity contribution is 5.66. The molecule has 32 heavy (non-hydrogen) atoms. The van der Waals surface area contributed by atoms with Gasteiger partial charge in [0.25, 0.3) is 0 Å². The fraction of sp³-hybridized carbons (Fsp3) is 0.400. The Morgan fingerprint density at radius 2 is 2.12 bits per heavy atom. The topological polar surface area (TPSA) is 102 Å². The molecule has 1 saturated heterocycles. The van der Waals surface area contributed by atoms with E-state index in [1.54, 1.807) is 30.6 Å². The number of pyridine rings is 1. The summed E-state index contributed by atoms with van der Waals surface area (Å²) in [6.07, 6.45) is 7.72. The van der Waals surface area contributed by atoms with Gasteiger partial charge >= 0.3 is 5.97 Å². The first-order chi connectivity index (χ1) is 15.4. The van der Waals surface area contributed by atoms with E-state index in [1.807, 2.05) is 44.2 Å². The fourth-order valence-corrected chi connectivity index (χ4v) is 3.61. The number of carbonyl (C=O) groups is 1. The van der Waals surface area contributed by atoms with Crippen LogP contribution in [0, 0.1) is 17.2 Å². The van der Waals surface area contributed by atoms with E-state index in [0.717, 1.165) is 5.56 Å². The van der Waals surface area contributed by atoms with Crippen molar-refractivity contribution < 1.29 is 24.1 Å². The second-order valence-corrected chi connectivity index (χ2v) is 8.22. The third-order valence-corrected chi connectivity index (χ3v) is 5.25. The van der Waals surface area contributed by atoms with Gasteiger partial charge in [-0.15, -0.1) is 0 Å². The predicted molar refractivity (Wildman–Crippen MR) is 118 cm³/mol. The van der Waals surface area contributed by atoms with Crippen LogP contribution in [0.15, 0.2) is 60.9 Å². The van der Waals surface area contributed by atoms with Crippen LogP contribution in [0.1, 0.15) is 50.3 Å². The minimum Gasteiger partial charge on any atom is -0.481 e. The molecule has 0 saturated carbocycles. The molecule has 1 fully saturated rings. The zero-order valence-corrected chi connectivity index (χ0v) is 18.3. The third-order valence-electron chi connectivity index (χ3n) is 5.25. The van der Waals surface area contributed by atoms with Crippen molar-refractivity contribution in [2.75, 3.05) is 6.61 Å². The number of carboxylic acid groups (broad SMARTS) is 1. The maximum atomic E-state index is 10.7. The molecule has 7 nitrogen and oxygen atoms in total. The lowest BCUT2D eigenvalue weighted by Crippen LogP contribution is -2.50. The van der Waals surface area contributed by atoms with Gasteiger partial charge in [0, 0.05) is 24.7 Å². The Hall–Kier alpha value is -3.21. The van der Waals surface area contributed by atoms with E-state index < -0.39 is 17.9 Å². The Bertz CT molecular complexity index is 968. The SMILES string of the molecule is CC(C)(Oc1ccccc1C#N)[C@H]1OC[C@@H](C/C=C\CCC(=O)O)[C@@H](c2cccnc2)O1. The molecule has 1 aliphatic rings. The monoisotopic (exact) mass is 436 g/mol. The molecule has 2 aromatic rings. The van der Waals surface area contributed by atoms with Gasteiger partial charge in [-0.2, -0.15) is 5.26 Å². The first-order valence-corrected chi connectivity index (χ1v) is 10.6. The highest BCUT2D eigenvalue weighted by Crippen LogP contribution is 2.38. The van der Waals surface area contributed by atoms with E-state index in [4.69, 9.17) is 19.3 Å². The minimum atomic E-state index is -0.851. The summed E-state index contributed by atoms with van der Waals surface area (Å²) in [5.41, 5.74) is 0.540. The lowest BCUT2D eigenvalue weighted by molar-refractivity contribution is -0.288. The summed E-state index contributed by atoms with van der Waals surface area (Å²) in [5, 5.41) is 18.1. The molecule has 0 aliphatic carbocycles. The van der Waals surface area contributed by atoms with E-state index >= 15 is 0 Å². The number of benzene rings is 1. The van der Waals surface area contributed by atoms with Crippen molar-refractivity contribution in [2.45, 2.75) is 51.1 Å². The average Bonchev–Trinajstić information content (AvgIpc) is 2.79. The van der Waals surface area contributed by atoms with E-state index in [2.05, 4.69) is 11.1 Å². The Morgan fingerprint density at radius 1 is 1.31 bits per heavy atom. The number of hydrogen-bond acceptors (Lipinski definition) is 6. The number of carboxylic acids is 1. The van der Waals surface area contributed by atoms with Crippen LogP contribution in [0.3, 0.4) is 0 Å². The smallest absolute Gasteiger partial charge is 0.303 e. The summed E-state index contributed by atoms with van der Waals surface area (Å²) in [6, 6.07) is 13.1. The molecule has 3 rings (SSSR count). The molecule has 0 bridgehead atoms. The lowest BCUT2D eigenvalue weighted by Gasteiger charge is -2.43. The third kappa shape index (κ3) is 6.16. The highest BCUT2D eigenvalue weighted by atomic mass is 16.7. The van der Waals surface area contributed by atoms with Crippen LogP contribution >= 0.6 is 0 Å². The number of rotatable bonds is 9. The maximum absolute atomic E-state index is 10.7. The molecular weight excluding hydrogens is 408 g/mol. The predicted octanol–water partition coefficient (Wildman–Crippen LogP) is 4.65. The zero-order chi connectivity index (χ0) is 23.0. The van der Waals surface area contributed by atoms with Crippen LogP contribution in [0.2, 0.25) is 0 Å². The van der Waals surface area contributed by atoms with Crippen LogP contribution in [0.5, 0.6) is 5.75 Å². The van der Waals surface area contributed by atoms with E-state index in [0.29, 0.717) is 30.8 Å². The Morgan fingerprint density at radius 3 is 2.84 bits per heavy atom. The average molecular weight is 437 g/mol. The van der Waals surface area contributed by atoms with Crippen molar-refractivity contribution in [3.8, 4) is 11.8 Å². The number of aromatic nitrogens is 1. The van der Waals surface area contributed by atoms with Gasteiger partial charge in [-0.05, 0) is 50.5 Å². The van der Waals surface area contributed by atoms with Gasteiger partial charge in [-0.3, -0.25) is 9.78 Å². The maximum Gasteiger partial charge on any atom is 0.303 e. The Balaban J connectivity index is 1.74. The second-order valence-electron chi connectivity index (χ2n) is 8.22. The van der Waals surface area contributed by atoms with E-state index in [1.165, 1.54) is 0 Å². The largest absolute Gasteiger partial charge is 0.481 e. The van der Waals surface area contributed by atoms with Crippen molar-refractivity contribution in [3.63, 3.8) is 0 Å². The van der Waals surface area contributed by atoms with Crippen molar-refractivity contribution in [2.24, 2.45) is 5.92 Å². The molecule has 1 aromatic carbocycles. The summed E-state index contributed by atoms with van der Waals surface area (Å²) in [5.74, 6) is -0.289. The molecule has 0 unspecified atom stereocenters. The minimum absolute atomic E-state index is 0.0405. The quantitative estimate of drug-likeness (QED) is 0.571. The van der Waals surface area contributed by atoms with Crippen molar-refractivity contribution in [1.82, 2.24) is 4.98 Å². The van der Waals surface area contributed by atoms with Gasteiger partial charge in [0.05, 0.1) is 18.3 Å². The zero-order valence-electron chi connectivity index (χ0n) is 18.3. The molecule has 1 aromatic heterocycles. The first-order valence-electron chi connectivity index (χ1n) is 10.6. The van der Waals surface area contributed by atoms with Gasteiger partial charge in [0.1, 0.15) is 11.8 Å². The van der Waals surface area contributed by atoms with Gasteiger partial charge in [-0.1, -0.05) is 30.4 Å². The molecule has 0 radical (unpaired) electrons. The molecule has 7 heteroatoms. The van der Waals surface area contributed by atoms with Gasteiger partial charge < -0.3 is 19.3 Å². The number of nitrogens with zero attached hydrogens (tertiary/aromatic N) is 2. The Kier molecular flexibility index (Phi) is 7.98. The highest BCUT2D eigenvalue weighted by Gasteiger charge is 2.42. The van der Waals surface area contributed by atoms with Gasteiger partial charge in [-0.25, -0.2) is 0 Å². The molecule has 1 N–H and O–H groups in total. The summed E-state index contributed by atoms with van der Waals surface area (Å²) in [4.78, 5) is 14.9. The standard InChI is InChI=1S/C25H28N2O5/c1-25(2,32-21-12-7-6-9-18(21)15-26)24-30-17-20(10-4-3-5-13-22(28)29)23(31-24)19-11-8-14-27-16-19/h3-4,6-9,11-12,14,16,20,23-24H,5,10,13,17H2,1-2H3,(H,28,29)/b4-3-/t20-,23-,24+/m1/s1. The number of nitriles is 1. The molecule has 168 valence electrons. The Labute approximate surface area is 188 Å². The lowest BCUT2D eigenvalue weighted by atomic mass is 9.92. The van der Waals surface area contributed by atoms with Crippen LogP contribution < -0.4 is 4.74 Å². The van der Waals surface area contributed by atoms with Gasteiger partial charge in [0.15, 0.2) is 11.9 Å². The number of para-hydroxylation sites is 1. The van der Waals surface area contributed by atoms with Crippen LogP contribution in [0.4, 0.5) is 0 Å². The normalized spacial score (nSPS) is 21.2. The summed E-state index contributed by atoms with van der Waals surface area (Å²) in [6.45, 7) is 4.19. The molecular formula is C25H28N2O5. The molecule has 0 amide bonds. The van der Waals surface area contributed by atoms with Crippen molar-refractivity contribution in [1.29, 1.82) is 5.26 Å². The van der Waals surface area contributed by atoms with Crippen molar-refractivity contribution in [3.05, 3.63) is 72.1 Å². The number of allylic oxidation sites excluding steroid dienone is 2. The van der Waals surface area contributed by atoms with Crippen LogP contribution in [-0.2, 0) is 14.3 Å². The number of hydrogen-bond donors (Lipinski definition) is 1. The summed E-state index contributed by atoms with van der Waals surface area (Å²) >= 11 is 0. The molecule has 3 atom stereocenters. The van der Waals surface area contributed by atoms with Crippen LogP contribution in [-0.4, -0.2) is 34.6 Å². The van der Waals surface area contributed by atoms with Gasteiger partial charge in [0.2, 0.25) is 0 Å². The van der Waals surface area contributed by atoms with E-state index in [9.17, 15) is 10.1 Å². The summed E-state index contributed by atoms with van der Waals surface area (Å²) in [7, 11) is 0. The number of ether oxygens (including phenoxy) is 3. The molecule has 2 heterocycles. The molecule has 1 aliphatic heterocycles. The summed E-state index contributed by atoms with van der Waals surface area (Å²) < 4.78 is 18.6. The molecule has 0 spiro atoms. The first kappa shape index (κ1) is 23.5. The fourth-order valence-electron chi connectivity index (χ4n) is 3.61. The number of aliphatic carboxylic acids is 1. The van der Waals surface area contributed by atoms with Crippen LogP contribution in [0.25, 0.3) is 0 Å². The van der Waals surface area contributed by atoms with E-state index in [-0.39, 0.29) is 18.4 Å². The van der Waals surface area contributed by atoms with Crippen molar-refractivity contribution >= 4 is 5.97 Å².